The van der Waals surface area contributed by atoms with Gasteiger partial charge in [0, 0.05) is 37.4 Å². The zero-order valence-corrected chi connectivity index (χ0v) is 11.3. The molecule has 0 spiro atoms. The molecule has 0 aliphatic carbocycles. The first kappa shape index (κ1) is 13.5. The van der Waals surface area contributed by atoms with Crippen molar-refractivity contribution in [3.05, 3.63) is 30.1 Å². The number of likely N-dealkylation sites (N-methyl/N-ethyl adjacent to an activating group) is 2. The van der Waals surface area contributed by atoms with Crippen LogP contribution in [-0.2, 0) is 11.2 Å². The second-order valence-corrected chi connectivity index (χ2v) is 4.72. The van der Waals surface area contributed by atoms with Crippen LogP contribution in [-0.4, -0.2) is 55.3 Å². The van der Waals surface area contributed by atoms with E-state index in [1.165, 1.54) is 0 Å². The molecule has 1 aromatic heterocycles. The third-order valence-corrected chi connectivity index (χ3v) is 3.60. The molecule has 1 fully saturated rings. The number of morpholine rings is 1. The highest BCUT2D eigenvalue weighted by Crippen LogP contribution is 2.12. The molecule has 18 heavy (non-hydrogen) atoms. The van der Waals surface area contributed by atoms with Crippen molar-refractivity contribution >= 4 is 0 Å². The van der Waals surface area contributed by atoms with E-state index in [0.717, 1.165) is 38.4 Å². The van der Waals surface area contributed by atoms with Gasteiger partial charge in [-0.05, 0) is 25.7 Å². The molecule has 0 saturated carbocycles. The fourth-order valence-corrected chi connectivity index (χ4v) is 2.43. The molecule has 2 heterocycles. The lowest BCUT2D eigenvalue weighted by Crippen LogP contribution is -2.52. The minimum absolute atomic E-state index is 0.255. The summed E-state index contributed by atoms with van der Waals surface area (Å²) < 4.78 is 5.90. The second-order valence-electron chi connectivity index (χ2n) is 4.72. The van der Waals surface area contributed by atoms with Crippen LogP contribution in [0.15, 0.2) is 24.4 Å². The van der Waals surface area contributed by atoms with Crippen LogP contribution in [0.5, 0.6) is 0 Å². The summed E-state index contributed by atoms with van der Waals surface area (Å²) in [6, 6.07) is 6.39. The monoisotopic (exact) mass is 249 g/mol. The fraction of sp³-hybridized carbons (Fsp3) is 0.643. The Labute approximate surface area is 109 Å². The van der Waals surface area contributed by atoms with Crippen LogP contribution in [0.1, 0.15) is 12.6 Å². The zero-order valence-electron chi connectivity index (χ0n) is 11.3. The van der Waals surface area contributed by atoms with Gasteiger partial charge in [-0.25, -0.2) is 0 Å². The lowest BCUT2D eigenvalue weighted by molar-refractivity contribution is -0.0437. The maximum Gasteiger partial charge on any atom is 0.0858 e. The van der Waals surface area contributed by atoms with Crippen LogP contribution in [0.3, 0.4) is 0 Å². The van der Waals surface area contributed by atoms with Gasteiger partial charge in [-0.3, -0.25) is 9.88 Å². The average Bonchev–Trinajstić information content (AvgIpc) is 2.46. The first-order valence-corrected chi connectivity index (χ1v) is 6.74. The topological polar surface area (TPSA) is 37.4 Å². The van der Waals surface area contributed by atoms with Gasteiger partial charge < -0.3 is 10.1 Å². The van der Waals surface area contributed by atoms with Gasteiger partial charge in [-0.1, -0.05) is 13.0 Å². The Morgan fingerprint density at radius 2 is 2.44 bits per heavy atom. The highest BCUT2D eigenvalue weighted by Gasteiger charge is 2.26. The first-order valence-electron chi connectivity index (χ1n) is 6.74. The average molecular weight is 249 g/mol. The summed E-state index contributed by atoms with van der Waals surface area (Å²) in [6.45, 7) is 6.19. The number of ether oxygens (including phenoxy) is 1. The van der Waals surface area contributed by atoms with E-state index in [2.05, 4.69) is 28.2 Å². The quantitative estimate of drug-likeness (QED) is 0.842. The van der Waals surface area contributed by atoms with Crippen LogP contribution >= 0.6 is 0 Å². The Morgan fingerprint density at radius 3 is 3.11 bits per heavy atom. The summed E-state index contributed by atoms with van der Waals surface area (Å²) in [5.41, 5.74) is 1.12. The van der Waals surface area contributed by atoms with Crippen molar-refractivity contribution in [3.63, 3.8) is 0 Å². The fourth-order valence-electron chi connectivity index (χ4n) is 2.43. The molecule has 4 nitrogen and oxygen atoms in total. The molecule has 0 amide bonds. The predicted molar refractivity (Wildman–Crippen MR) is 72.6 cm³/mol. The van der Waals surface area contributed by atoms with E-state index < -0.39 is 0 Å². The largest absolute Gasteiger partial charge is 0.374 e. The summed E-state index contributed by atoms with van der Waals surface area (Å²) >= 11 is 0. The van der Waals surface area contributed by atoms with Crippen molar-refractivity contribution in [2.45, 2.75) is 25.5 Å². The normalized spacial score (nSPS) is 22.9. The SMILES string of the molecule is CCN1CCOC(C(Cc2ccccn2)NC)C1. The molecule has 1 aliphatic rings. The molecular formula is C14H23N3O. The van der Waals surface area contributed by atoms with E-state index in [1.807, 2.05) is 25.4 Å². The van der Waals surface area contributed by atoms with Crippen LogP contribution < -0.4 is 5.32 Å². The molecule has 0 radical (unpaired) electrons. The summed E-state index contributed by atoms with van der Waals surface area (Å²) in [6.07, 6.45) is 3.02. The lowest BCUT2D eigenvalue weighted by atomic mass is 10.0. The molecule has 1 saturated heterocycles. The molecule has 0 bridgehead atoms. The van der Waals surface area contributed by atoms with Gasteiger partial charge >= 0.3 is 0 Å². The van der Waals surface area contributed by atoms with Gasteiger partial charge in [0.1, 0.15) is 0 Å². The Balaban J connectivity index is 1.95. The summed E-state index contributed by atoms with van der Waals surface area (Å²) in [5, 5.41) is 3.37. The molecule has 2 unspecified atom stereocenters. The second kappa shape index (κ2) is 6.83. The molecule has 0 aromatic carbocycles. The van der Waals surface area contributed by atoms with Crippen LogP contribution in [0, 0.1) is 0 Å². The van der Waals surface area contributed by atoms with Gasteiger partial charge in [0.2, 0.25) is 0 Å². The zero-order chi connectivity index (χ0) is 12.8. The minimum Gasteiger partial charge on any atom is -0.374 e. The molecule has 4 heteroatoms. The summed E-state index contributed by atoms with van der Waals surface area (Å²) in [5.74, 6) is 0. The number of nitrogens with zero attached hydrogens (tertiary/aromatic N) is 2. The van der Waals surface area contributed by atoms with Crippen LogP contribution in [0.25, 0.3) is 0 Å². The number of hydrogen-bond acceptors (Lipinski definition) is 4. The highest BCUT2D eigenvalue weighted by atomic mass is 16.5. The first-order chi connectivity index (χ1) is 8.83. The smallest absolute Gasteiger partial charge is 0.0858 e. The summed E-state index contributed by atoms with van der Waals surface area (Å²) in [4.78, 5) is 6.83. The van der Waals surface area contributed by atoms with Crippen molar-refractivity contribution < 1.29 is 4.74 Å². The molecule has 1 N–H and O–H groups in total. The summed E-state index contributed by atoms with van der Waals surface area (Å²) in [7, 11) is 2.00. The van der Waals surface area contributed by atoms with Crippen molar-refractivity contribution in [1.82, 2.24) is 15.2 Å². The highest BCUT2D eigenvalue weighted by molar-refractivity contribution is 5.06. The van der Waals surface area contributed by atoms with Crippen molar-refractivity contribution in [3.8, 4) is 0 Å². The molecule has 100 valence electrons. The van der Waals surface area contributed by atoms with E-state index >= 15 is 0 Å². The van der Waals surface area contributed by atoms with Crippen molar-refractivity contribution in [1.29, 1.82) is 0 Å². The number of nitrogens with one attached hydrogen (secondary N) is 1. The van der Waals surface area contributed by atoms with Crippen molar-refractivity contribution in [2.24, 2.45) is 0 Å². The standard InChI is InChI=1S/C14H23N3O/c1-3-17-8-9-18-14(11-17)13(15-2)10-12-6-4-5-7-16-12/h4-7,13-15H,3,8-11H2,1-2H3. The maximum absolute atomic E-state index is 5.90. The Hall–Kier alpha value is -0.970. The van der Waals surface area contributed by atoms with Gasteiger partial charge in [-0.2, -0.15) is 0 Å². The van der Waals surface area contributed by atoms with Gasteiger partial charge in [0.25, 0.3) is 0 Å². The third kappa shape index (κ3) is 3.51. The Kier molecular flexibility index (Phi) is 5.11. The molecular weight excluding hydrogens is 226 g/mol. The van der Waals surface area contributed by atoms with Crippen molar-refractivity contribution in [2.75, 3.05) is 33.3 Å². The van der Waals surface area contributed by atoms with E-state index in [0.29, 0.717) is 6.04 Å². The number of pyridine rings is 1. The molecule has 1 aliphatic heterocycles. The Morgan fingerprint density at radius 1 is 1.56 bits per heavy atom. The maximum atomic E-state index is 5.90. The van der Waals surface area contributed by atoms with Crippen LogP contribution in [0.4, 0.5) is 0 Å². The third-order valence-electron chi connectivity index (χ3n) is 3.60. The number of rotatable bonds is 5. The lowest BCUT2D eigenvalue weighted by Gasteiger charge is -2.36. The molecule has 1 aromatic rings. The minimum atomic E-state index is 0.255. The Bertz CT molecular complexity index is 344. The molecule has 2 rings (SSSR count). The van der Waals surface area contributed by atoms with Crippen LogP contribution in [0.2, 0.25) is 0 Å². The predicted octanol–water partition coefficient (Wildman–Crippen LogP) is 0.933. The van der Waals surface area contributed by atoms with Gasteiger partial charge in [0.05, 0.1) is 12.7 Å². The van der Waals surface area contributed by atoms with E-state index in [9.17, 15) is 0 Å². The molecule has 2 atom stereocenters. The van der Waals surface area contributed by atoms with Gasteiger partial charge in [-0.15, -0.1) is 0 Å². The van der Waals surface area contributed by atoms with E-state index in [4.69, 9.17) is 4.74 Å². The van der Waals surface area contributed by atoms with E-state index in [1.54, 1.807) is 0 Å². The van der Waals surface area contributed by atoms with Gasteiger partial charge in [0.15, 0.2) is 0 Å². The van der Waals surface area contributed by atoms with E-state index in [-0.39, 0.29) is 6.10 Å². The number of hydrogen-bond donors (Lipinski definition) is 1. The number of aromatic nitrogens is 1.